The lowest BCUT2D eigenvalue weighted by Gasteiger charge is -2.15. The number of rotatable bonds is 4. The Bertz CT molecular complexity index is 951. The van der Waals surface area contributed by atoms with E-state index in [2.05, 4.69) is 72.0 Å². The highest BCUT2D eigenvalue weighted by Crippen LogP contribution is 2.25. The Balaban J connectivity index is 1.86. The van der Waals surface area contributed by atoms with E-state index in [0.717, 1.165) is 17.0 Å². The van der Waals surface area contributed by atoms with E-state index in [1.54, 1.807) is 24.5 Å². The van der Waals surface area contributed by atoms with Crippen LogP contribution in [0, 0.1) is 27.7 Å². The maximum Gasteiger partial charge on any atom is 0.272 e. The Morgan fingerprint density at radius 3 is 2.50 bits per heavy atom. The van der Waals surface area contributed by atoms with Crippen LogP contribution < -0.4 is 5.43 Å². The summed E-state index contributed by atoms with van der Waals surface area (Å²) in [6, 6.07) is 11.8. The van der Waals surface area contributed by atoms with Crippen molar-refractivity contribution < 1.29 is 4.79 Å². The van der Waals surface area contributed by atoms with E-state index in [9.17, 15) is 4.79 Å². The average molecular weight is 346 g/mol. The van der Waals surface area contributed by atoms with Gasteiger partial charge in [0.1, 0.15) is 0 Å². The van der Waals surface area contributed by atoms with E-state index in [-0.39, 0.29) is 5.91 Å². The summed E-state index contributed by atoms with van der Waals surface area (Å²) < 4.78 is 2.23. The van der Waals surface area contributed by atoms with Gasteiger partial charge < -0.3 is 4.57 Å². The molecule has 0 aliphatic heterocycles. The predicted molar refractivity (Wildman–Crippen MR) is 104 cm³/mol. The molecule has 0 radical (unpaired) electrons. The first kappa shape index (κ1) is 17.6. The van der Waals surface area contributed by atoms with Crippen LogP contribution in [0.15, 0.2) is 53.9 Å². The van der Waals surface area contributed by atoms with Gasteiger partial charge in [-0.2, -0.15) is 5.10 Å². The van der Waals surface area contributed by atoms with Crippen LogP contribution in [-0.4, -0.2) is 21.7 Å². The van der Waals surface area contributed by atoms with Crippen molar-refractivity contribution in [3.63, 3.8) is 0 Å². The second-order valence-corrected chi connectivity index (χ2v) is 6.34. The highest BCUT2D eigenvalue weighted by molar-refractivity contribution is 5.94. The number of aromatic nitrogens is 2. The molecule has 2 heterocycles. The van der Waals surface area contributed by atoms with Gasteiger partial charge in [0.2, 0.25) is 0 Å². The predicted octanol–water partition coefficient (Wildman–Crippen LogP) is 3.87. The van der Waals surface area contributed by atoms with E-state index in [1.165, 1.54) is 23.0 Å². The zero-order valence-corrected chi connectivity index (χ0v) is 15.4. The number of nitrogens with zero attached hydrogens (tertiary/aromatic N) is 3. The molecule has 0 saturated heterocycles. The summed E-state index contributed by atoms with van der Waals surface area (Å²) in [6.45, 7) is 8.36. The molecule has 132 valence electrons. The summed E-state index contributed by atoms with van der Waals surface area (Å²) >= 11 is 0. The van der Waals surface area contributed by atoms with E-state index >= 15 is 0 Å². The Morgan fingerprint density at radius 2 is 1.85 bits per heavy atom. The first-order chi connectivity index (χ1) is 12.5. The molecular formula is C21H22N4O. The number of carbonyl (C=O) groups excluding carboxylic acids is 1. The van der Waals surface area contributed by atoms with Gasteiger partial charge in [0.05, 0.1) is 17.5 Å². The molecule has 26 heavy (non-hydrogen) atoms. The molecule has 0 spiro atoms. The van der Waals surface area contributed by atoms with Crippen LogP contribution in [0.25, 0.3) is 5.69 Å². The Kier molecular flexibility index (Phi) is 4.98. The minimum absolute atomic E-state index is 0.280. The molecule has 0 bridgehead atoms. The summed E-state index contributed by atoms with van der Waals surface area (Å²) in [5, 5.41) is 4.11. The number of aryl methyl sites for hydroxylation is 3. The molecule has 3 aromatic rings. The van der Waals surface area contributed by atoms with Gasteiger partial charge in [-0.05, 0) is 57.0 Å². The second-order valence-electron chi connectivity index (χ2n) is 6.34. The van der Waals surface area contributed by atoms with Gasteiger partial charge in [-0.15, -0.1) is 0 Å². The van der Waals surface area contributed by atoms with Crippen LogP contribution in [0.3, 0.4) is 0 Å². The lowest BCUT2D eigenvalue weighted by Crippen LogP contribution is -2.17. The standard InChI is InChI=1S/C21H22N4O/c1-14-7-5-8-15(2)20(14)25-16(3)11-19(17(25)4)13-23-24-21(26)18-9-6-10-22-12-18/h5-13H,1-4H3,(H,24,26)/b23-13+. The average Bonchev–Trinajstić information content (AvgIpc) is 2.90. The third-order valence-electron chi connectivity index (χ3n) is 4.43. The summed E-state index contributed by atoms with van der Waals surface area (Å²) in [5.74, 6) is -0.280. The van der Waals surface area contributed by atoms with Crippen LogP contribution in [0.2, 0.25) is 0 Å². The Morgan fingerprint density at radius 1 is 1.12 bits per heavy atom. The van der Waals surface area contributed by atoms with Gasteiger partial charge in [0.15, 0.2) is 0 Å². The minimum Gasteiger partial charge on any atom is -0.317 e. The SMILES string of the molecule is Cc1cccc(C)c1-n1c(C)cc(/C=N/NC(=O)c2cccnc2)c1C. The number of para-hydroxylation sites is 1. The zero-order valence-electron chi connectivity index (χ0n) is 15.4. The van der Waals surface area contributed by atoms with Crippen molar-refractivity contribution in [1.29, 1.82) is 0 Å². The highest BCUT2D eigenvalue weighted by atomic mass is 16.2. The first-order valence-electron chi connectivity index (χ1n) is 8.48. The molecule has 1 aromatic carbocycles. The smallest absolute Gasteiger partial charge is 0.272 e. The maximum absolute atomic E-state index is 12.0. The molecule has 0 atom stereocenters. The molecule has 0 unspecified atom stereocenters. The number of pyridine rings is 1. The number of hydrogen-bond donors (Lipinski definition) is 1. The fourth-order valence-electron chi connectivity index (χ4n) is 3.14. The normalized spacial score (nSPS) is 11.1. The number of hydrogen-bond acceptors (Lipinski definition) is 3. The lowest BCUT2D eigenvalue weighted by molar-refractivity contribution is 0.0955. The van der Waals surface area contributed by atoms with Crippen LogP contribution in [0.5, 0.6) is 0 Å². The van der Waals surface area contributed by atoms with E-state index in [1.807, 2.05) is 0 Å². The zero-order chi connectivity index (χ0) is 18.7. The maximum atomic E-state index is 12.0. The topological polar surface area (TPSA) is 59.3 Å². The largest absolute Gasteiger partial charge is 0.317 e. The van der Waals surface area contributed by atoms with Crippen molar-refractivity contribution in [2.75, 3.05) is 0 Å². The number of nitrogens with one attached hydrogen (secondary N) is 1. The molecule has 1 amide bonds. The summed E-state index contributed by atoms with van der Waals surface area (Å²) in [5.41, 5.74) is 9.84. The van der Waals surface area contributed by atoms with Gasteiger partial charge in [0.25, 0.3) is 5.91 Å². The first-order valence-corrected chi connectivity index (χ1v) is 8.48. The molecule has 2 aromatic heterocycles. The van der Waals surface area contributed by atoms with Crippen molar-refractivity contribution in [1.82, 2.24) is 15.0 Å². The quantitative estimate of drug-likeness (QED) is 0.576. The van der Waals surface area contributed by atoms with Crippen LogP contribution in [0.4, 0.5) is 0 Å². The van der Waals surface area contributed by atoms with Gasteiger partial charge in [0, 0.05) is 29.3 Å². The lowest BCUT2D eigenvalue weighted by atomic mass is 10.1. The molecule has 1 N–H and O–H groups in total. The van der Waals surface area contributed by atoms with E-state index in [4.69, 9.17) is 0 Å². The molecule has 5 nitrogen and oxygen atoms in total. The van der Waals surface area contributed by atoms with Crippen molar-refractivity contribution in [2.45, 2.75) is 27.7 Å². The van der Waals surface area contributed by atoms with Crippen LogP contribution in [-0.2, 0) is 0 Å². The summed E-state index contributed by atoms with van der Waals surface area (Å²) in [4.78, 5) is 16.0. The highest BCUT2D eigenvalue weighted by Gasteiger charge is 2.13. The molecular weight excluding hydrogens is 324 g/mol. The fourth-order valence-corrected chi connectivity index (χ4v) is 3.14. The summed E-state index contributed by atoms with van der Waals surface area (Å²) in [6.07, 6.45) is 4.82. The molecule has 0 saturated carbocycles. The van der Waals surface area contributed by atoms with Crippen molar-refractivity contribution in [3.05, 3.63) is 82.4 Å². The van der Waals surface area contributed by atoms with Crippen molar-refractivity contribution in [2.24, 2.45) is 5.10 Å². The molecule has 0 aliphatic rings. The molecule has 0 aliphatic carbocycles. The molecule has 0 fully saturated rings. The fraction of sp³-hybridized carbons (Fsp3) is 0.190. The van der Waals surface area contributed by atoms with E-state index in [0.29, 0.717) is 5.56 Å². The van der Waals surface area contributed by atoms with Gasteiger partial charge >= 0.3 is 0 Å². The van der Waals surface area contributed by atoms with Gasteiger partial charge in [-0.3, -0.25) is 9.78 Å². The number of carbonyl (C=O) groups is 1. The molecule has 5 heteroatoms. The van der Waals surface area contributed by atoms with Crippen LogP contribution in [0.1, 0.15) is 38.4 Å². The van der Waals surface area contributed by atoms with Gasteiger partial charge in [-0.25, -0.2) is 5.43 Å². The summed E-state index contributed by atoms with van der Waals surface area (Å²) in [7, 11) is 0. The number of hydrazone groups is 1. The van der Waals surface area contributed by atoms with Crippen molar-refractivity contribution >= 4 is 12.1 Å². The third-order valence-corrected chi connectivity index (χ3v) is 4.43. The van der Waals surface area contributed by atoms with E-state index < -0.39 is 0 Å². The number of amides is 1. The number of benzene rings is 1. The third kappa shape index (κ3) is 3.42. The second kappa shape index (κ2) is 7.35. The molecule has 3 rings (SSSR count). The Hall–Kier alpha value is -3.21. The Labute approximate surface area is 153 Å². The van der Waals surface area contributed by atoms with Crippen LogP contribution >= 0.6 is 0 Å². The minimum atomic E-state index is -0.280. The van der Waals surface area contributed by atoms with Crippen molar-refractivity contribution in [3.8, 4) is 5.69 Å². The van der Waals surface area contributed by atoms with Gasteiger partial charge in [-0.1, -0.05) is 18.2 Å². The monoisotopic (exact) mass is 346 g/mol.